The largest absolute Gasteiger partial charge is 0.325 e. The Morgan fingerprint density at radius 1 is 1.09 bits per heavy atom. The Morgan fingerprint density at radius 2 is 1.81 bits per heavy atom. The lowest BCUT2D eigenvalue weighted by atomic mass is 10.1. The molecule has 0 saturated carbocycles. The normalized spacial score (nSPS) is 10.9. The minimum Gasteiger partial charge on any atom is -0.325 e. The molecule has 4 rings (SSSR count). The number of Topliss-reactive ketones (excluding diaryl/α,β-unsaturated/α-hetero) is 1. The summed E-state index contributed by atoms with van der Waals surface area (Å²) in [6.45, 7) is 3.86. The number of fused-ring (bicyclic) bond motifs is 1. The van der Waals surface area contributed by atoms with E-state index in [9.17, 15) is 14.4 Å². The highest BCUT2D eigenvalue weighted by Gasteiger charge is 2.16. The molecular weight excluding hydrogens is 442 g/mol. The van der Waals surface area contributed by atoms with Crippen molar-refractivity contribution in [3.63, 3.8) is 0 Å². The first-order valence-electron chi connectivity index (χ1n) is 10.1. The van der Waals surface area contributed by atoms with Crippen LogP contribution in [0.2, 0.25) is 0 Å². The van der Waals surface area contributed by atoms with Gasteiger partial charge in [-0.15, -0.1) is 11.3 Å². The Kier molecular flexibility index (Phi) is 6.53. The summed E-state index contributed by atoms with van der Waals surface area (Å²) in [6.07, 6.45) is 0. The van der Waals surface area contributed by atoms with Crippen molar-refractivity contribution in [1.82, 2.24) is 9.55 Å². The smallest absolute Gasteiger partial charge is 0.272 e. The fourth-order valence-electron chi connectivity index (χ4n) is 3.24. The van der Waals surface area contributed by atoms with E-state index in [1.165, 1.54) is 30.0 Å². The molecule has 0 aliphatic heterocycles. The molecule has 0 atom stereocenters. The Balaban J connectivity index is 1.53. The second-order valence-electron chi connectivity index (χ2n) is 7.11. The molecule has 0 unspecified atom stereocenters. The van der Waals surface area contributed by atoms with Crippen LogP contribution >= 0.6 is 23.1 Å². The predicted molar refractivity (Wildman–Crippen MR) is 131 cm³/mol. The van der Waals surface area contributed by atoms with Gasteiger partial charge in [0.1, 0.15) is 4.70 Å². The van der Waals surface area contributed by atoms with Crippen molar-refractivity contribution < 1.29 is 9.59 Å². The van der Waals surface area contributed by atoms with E-state index in [1.54, 1.807) is 28.8 Å². The molecule has 0 radical (unpaired) electrons. The van der Waals surface area contributed by atoms with Gasteiger partial charge in [-0.25, -0.2) is 4.98 Å². The van der Waals surface area contributed by atoms with Crippen LogP contribution in [0, 0.1) is 0 Å². The number of ketones is 1. The van der Waals surface area contributed by atoms with E-state index in [1.807, 2.05) is 43.3 Å². The summed E-state index contributed by atoms with van der Waals surface area (Å²) in [7, 11) is 0. The van der Waals surface area contributed by atoms with E-state index >= 15 is 0 Å². The fourth-order valence-corrected chi connectivity index (χ4v) is 5.15. The molecule has 0 bridgehead atoms. The summed E-state index contributed by atoms with van der Waals surface area (Å²) in [5.74, 6) is -0.124. The summed E-state index contributed by atoms with van der Waals surface area (Å²) in [4.78, 5) is 42.5. The zero-order valence-corrected chi connectivity index (χ0v) is 19.3. The summed E-state index contributed by atoms with van der Waals surface area (Å²) >= 11 is 2.67. The molecule has 1 N–H and O–H groups in total. The number of thioether (sulfide) groups is 1. The predicted octanol–water partition coefficient (Wildman–Crippen LogP) is 5.08. The van der Waals surface area contributed by atoms with Crippen LogP contribution in [0.5, 0.6) is 0 Å². The third-order valence-electron chi connectivity index (χ3n) is 4.88. The molecule has 2 heterocycles. The van der Waals surface area contributed by atoms with Crippen molar-refractivity contribution in [2.75, 3.05) is 11.1 Å². The van der Waals surface area contributed by atoms with Crippen molar-refractivity contribution in [1.29, 1.82) is 0 Å². The number of rotatable bonds is 7. The quantitative estimate of drug-likeness (QED) is 0.235. The van der Waals surface area contributed by atoms with E-state index in [0.29, 0.717) is 33.2 Å². The highest BCUT2D eigenvalue weighted by molar-refractivity contribution is 7.99. The summed E-state index contributed by atoms with van der Waals surface area (Å²) in [5, 5.41) is 3.33. The third-order valence-corrected chi connectivity index (χ3v) is 7.02. The molecule has 32 heavy (non-hydrogen) atoms. The Morgan fingerprint density at radius 3 is 2.47 bits per heavy atom. The Hall–Kier alpha value is -3.23. The van der Waals surface area contributed by atoms with Gasteiger partial charge in [-0.3, -0.25) is 19.0 Å². The molecule has 0 aliphatic rings. The van der Waals surface area contributed by atoms with Crippen molar-refractivity contribution >= 4 is 50.7 Å². The molecule has 0 saturated heterocycles. The number of carbonyl (C=O) groups excluding carboxylic acids is 2. The SMILES string of the molecule is CCn1c(SCC(=O)Nc2ccc(C(C)=O)cc2)nc2cc(-c3ccccc3)sc2c1=O. The number of thiophene rings is 1. The number of benzene rings is 2. The van der Waals surface area contributed by atoms with Crippen LogP contribution in [0.4, 0.5) is 5.69 Å². The number of nitrogens with one attached hydrogen (secondary N) is 1. The zero-order valence-electron chi connectivity index (χ0n) is 17.6. The van der Waals surface area contributed by atoms with Gasteiger partial charge in [0.2, 0.25) is 5.91 Å². The summed E-state index contributed by atoms with van der Waals surface area (Å²) in [5.41, 5.74) is 2.80. The fraction of sp³-hybridized carbons (Fsp3) is 0.167. The van der Waals surface area contributed by atoms with Gasteiger partial charge in [0.15, 0.2) is 10.9 Å². The third kappa shape index (κ3) is 4.66. The molecule has 2 aromatic carbocycles. The van der Waals surface area contributed by atoms with Crippen LogP contribution in [0.25, 0.3) is 20.7 Å². The van der Waals surface area contributed by atoms with Crippen molar-refractivity contribution in [2.24, 2.45) is 0 Å². The number of hydrogen-bond acceptors (Lipinski definition) is 6. The van der Waals surface area contributed by atoms with E-state index in [0.717, 1.165) is 10.4 Å². The zero-order chi connectivity index (χ0) is 22.7. The topological polar surface area (TPSA) is 81.1 Å². The number of aromatic nitrogens is 2. The lowest BCUT2D eigenvalue weighted by Crippen LogP contribution is -2.22. The number of amides is 1. The van der Waals surface area contributed by atoms with Crippen LogP contribution in [0.1, 0.15) is 24.2 Å². The molecule has 6 nitrogen and oxygen atoms in total. The highest BCUT2D eigenvalue weighted by atomic mass is 32.2. The molecule has 4 aromatic rings. The van der Waals surface area contributed by atoms with Crippen molar-refractivity contribution in [3.05, 3.63) is 76.6 Å². The van der Waals surface area contributed by atoms with Gasteiger partial charge < -0.3 is 5.32 Å². The first-order chi connectivity index (χ1) is 15.5. The molecule has 162 valence electrons. The molecule has 0 fully saturated rings. The van der Waals surface area contributed by atoms with Gasteiger partial charge in [-0.1, -0.05) is 42.1 Å². The van der Waals surface area contributed by atoms with Crippen LogP contribution in [-0.2, 0) is 11.3 Å². The number of carbonyl (C=O) groups is 2. The summed E-state index contributed by atoms with van der Waals surface area (Å²) in [6, 6.07) is 18.6. The first kappa shape index (κ1) is 22.0. The van der Waals surface area contributed by atoms with E-state index in [2.05, 4.69) is 10.3 Å². The van der Waals surface area contributed by atoms with Crippen molar-refractivity contribution in [2.45, 2.75) is 25.5 Å². The molecule has 0 aliphatic carbocycles. The first-order valence-corrected chi connectivity index (χ1v) is 11.9. The van der Waals surface area contributed by atoms with Crippen LogP contribution in [-0.4, -0.2) is 27.0 Å². The second kappa shape index (κ2) is 9.50. The molecule has 2 aromatic heterocycles. The maximum absolute atomic E-state index is 13.0. The summed E-state index contributed by atoms with van der Waals surface area (Å²) < 4.78 is 2.22. The minimum absolute atomic E-state index is 0.0266. The Bertz CT molecular complexity index is 1340. The van der Waals surface area contributed by atoms with Gasteiger partial charge in [-0.05, 0) is 49.7 Å². The Labute approximate surface area is 193 Å². The van der Waals surface area contributed by atoms with Crippen LogP contribution < -0.4 is 10.9 Å². The standard InChI is InChI=1S/C24H21N3O3S2/c1-3-27-23(30)22-19(13-20(32-22)17-7-5-4-6-8-17)26-24(27)31-14-21(29)25-18-11-9-16(10-12-18)15(2)28/h4-13H,3,14H2,1-2H3,(H,25,29). The average molecular weight is 464 g/mol. The second-order valence-corrected chi connectivity index (χ2v) is 9.10. The lowest BCUT2D eigenvalue weighted by Gasteiger charge is -2.10. The van der Waals surface area contributed by atoms with E-state index in [4.69, 9.17) is 0 Å². The molecule has 8 heteroatoms. The average Bonchev–Trinajstić information content (AvgIpc) is 3.23. The van der Waals surface area contributed by atoms with Crippen molar-refractivity contribution in [3.8, 4) is 10.4 Å². The van der Waals surface area contributed by atoms with Crippen LogP contribution in [0.15, 0.2) is 70.6 Å². The maximum Gasteiger partial charge on any atom is 0.272 e. The molecular formula is C24H21N3O3S2. The van der Waals surface area contributed by atoms with Gasteiger partial charge in [0.25, 0.3) is 5.56 Å². The lowest BCUT2D eigenvalue weighted by molar-refractivity contribution is -0.113. The number of anilines is 1. The molecule has 0 spiro atoms. The van der Waals surface area contributed by atoms with E-state index < -0.39 is 0 Å². The van der Waals surface area contributed by atoms with E-state index in [-0.39, 0.29) is 23.0 Å². The maximum atomic E-state index is 13.0. The number of nitrogens with zero attached hydrogens (tertiary/aromatic N) is 2. The van der Waals surface area contributed by atoms with Gasteiger partial charge >= 0.3 is 0 Å². The monoisotopic (exact) mass is 463 g/mol. The highest BCUT2D eigenvalue weighted by Crippen LogP contribution is 2.32. The molecule has 1 amide bonds. The van der Waals surface area contributed by atoms with Crippen LogP contribution in [0.3, 0.4) is 0 Å². The van der Waals surface area contributed by atoms with Gasteiger partial charge in [0, 0.05) is 22.7 Å². The van der Waals surface area contributed by atoms with Gasteiger partial charge in [-0.2, -0.15) is 0 Å². The number of hydrogen-bond donors (Lipinski definition) is 1. The van der Waals surface area contributed by atoms with Gasteiger partial charge in [0.05, 0.1) is 11.3 Å². The minimum atomic E-state index is -0.210.